The summed E-state index contributed by atoms with van der Waals surface area (Å²) < 4.78 is 53.1. The van der Waals surface area contributed by atoms with Gasteiger partial charge in [0, 0.05) is 12.1 Å². The fraction of sp³-hybridized carbons (Fsp3) is 0.200. The third-order valence-electron chi connectivity index (χ3n) is 4.76. The monoisotopic (exact) mass is 414 g/mol. The lowest BCUT2D eigenvalue weighted by atomic mass is 9.93. The molecule has 1 unspecified atom stereocenters. The van der Waals surface area contributed by atoms with Crippen LogP contribution >= 0.6 is 0 Å². The van der Waals surface area contributed by atoms with E-state index in [4.69, 9.17) is 17.3 Å². The number of ether oxygens (including phenoxy) is 2. The zero-order chi connectivity index (χ0) is 21.6. The Balaban J connectivity index is 1.96. The number of imidazole rings is 1. The highest BCUT2D eigenvalue weighted by atomic mass is 19.1. The highest BCUT2D eigenvalue weighted by Crippen LogP contribution is 2.36. The van der Waals surface area contributed by atoms with Gasteiger partial charge in [0.1, 0.15) is 49.6 Å². The van der Waals surface area contributed by atoms with Gasteiger partial charge in [-0.15, -0.1) is 0 Å². The number of halogens is 3. The molecular weight excluding hydrogens is 400 g/mol. The number of methoxy groups -OCH3 is 1. The van der Waals surface area contributed by atoms with Crippen molar-refractivity contribution in [3.05, 3.63) is 64.7 Å². The number of hydrogen-bond acceptors (Lipinski definition) is 5. The SMILES string of the molecule is [B]c1cc2c(cc1F)OCCn1c-2nc(C(=O)OC)c1C(O)c1cc(F)cc(F)c1. The Labute approximate surface area is 170 Å². The maximum absolute atomic E-state index is 13.9. The van der Waals surface area contributed by atoms with Crippen LogP contribution in [-0.4, -0.2) is 42.2 Å². The van der Waals surface area contributed by atoms with Crippen molar-refractivity contribution in [2.45, 2.75) is 12.6 Å². The number of aliphatic hydroxyl groups excluding tert-OH is 1. The topological polar surface area (TPSA) is 73.6 Å². The molecule has 0 saturated heterocycles. The van der Waals surface area contributed by atoms with Crippen molar-refractivity contribution in [1.29, 1.82) is 0 Å². The molecule has 1 atom stereocenters. The first-order valence-electron chi connectivity index (χ1n) is 8.85. The summed E-state index contributed by atoms with van der Waals surface area (Å²) in [5, 5.41) is 10.9. The molecule has 1 aromatic heterocycles. The van der Waals surface area contributed by atoms with Crippen LogP contribution in [-0.2, 0) is 11.3 Å². The summed E-state index contributed by atoms with van der Waals surface area (Å²) in [6.45, 7) is 0.164. The Morgan fingerprint density at radius 2 is 1.93 bits per heavy atom. The van der Waals surface area contributed by atoms with Gasteiger partial charge in [0.25, 0.3) is 0 Å². The second kappa shape index (κ2) is 7.53. The summed E-state index contributed by atoms with van der Waals surface area (Å²) in [5.41, 5.74) is -0.283. The molecule has 0 saturated carbocycles. The Bertz CT molecular complexity index is 1150. The minimum Gasteiger partial charge on any atom is -0.491 e. The third kappa shape index (κ3) is 3.33. The van der Waals surface area contributed by atoms with Crippen molar-refractivity contribution in [3.8, 4) is 17.1 Å². The summed E-state index contributed by atoms with van der Waals surface area (Å²) in [6.07, 6.45) is -1.61. The molecule has 1 N–H and O–H groups in total. The summed E-state index contributed by atoms with van der Waals surface area (Å²) in [7, 11) is 6.81. The molecular formula is C20H14BF3N2O4. The number of nitrogens with zero attached hydrogens (tertiary/aromatic N) is 2. The van der Waals surface area contributed by atoms with Crippen LogP contribution in [0.25, 0.3) is 11.4 Å². The van der Waals surface area contributed by atoms with Crippen molar-refractivity contribution in [2.24, 2.45) is 0 Å². The van der Waals surface area contributed by atoms with Crippen LogP contribution in [0.5, 0.6) is 5.75 Å². The molecule has 0 amide bonds. The molecule has 6 nitrogen and oxygen atoms in total. The van der Waals surface area contributed by atoms with E-state index in [9.17, 15) is 23.1 Å². The molecule has 2 radical (unpaired) electrons. The zero-order valence-corrected chi connectivity index (χ0v) is 15.7. The highest BCUT2D eigenvalue weighted by Gasteiger charge is 2.32. The molecule has 2 aromatic carbocycles. The van der Waals surface area contributed by atoms with E-state index in [1.165, 1.54) is 10.6 Å². The molecule has 0 spiro atoms. The summed E-state index contributed by atoms with van der Waals surface area (Å²) in [4.78, 5) is 16.6. The summed E-state index contributed by atoms with van der Waals surface area (Å²) in [5.74, 6) is -3.01. The molecule has 152 valence electrons. The second-order valence-corrected chi connectivity index (χ2v) is 6.64. The smallest absolute Gasteiger partial charge is 0.358 e. The van der Waals surface area contributed by atoms with Gasteiger partial charge in [-0.05, 0) is 17.7 Å². The number of rotatable bonds is 3. The molecule has 3 aromatic rings. The molecule has 10 heteroatoms. The number of fused-ring (bicyclic) bond motifs is 3. The van der Waals surface area contributed by atoms with Gasteiger partial charge in [-0.25, -0.2) is 22.9 Å². The van der Waals surface area contributed by atoms with Crippen molar-refractivity contribution in [3.63, 3.8) is 0 Å². The van der Waals surface area contributed by atoms with Crippen molar-refractivity contribution in [1.82, 2.24) is 9.55 Å². The Morgan fingerprint density at radius 3 is 2.60 bits per heavy atom. The maximum atomic E-state index is 13.9. The maximum Gasteiger partial charge on any atom is 0.358 e. The number of benzene rings is 2. The number of hydrogen-bond donors (Lipinski definition) is 1. The van der Waals surface area contributed by atoms with E-state index >= 15 is 0 Å². The molecule has 1 aliphatic heterocycles. The molecule has 4 rings (SSSR count). The lowest BCUT2D eigenvalue weighted by molar-refractivity contribution is 0.0588. The Kier molecular flexibility index (Phi) is 5.02. The van der Waals surface area contributed by atoms with E-state index in [0.29, 0.717) is 11.6 Å². The molecule has 0 bridgehead atoms. The lowest BCUT2D eigenvalue weighted by Gasteiger charge is -2.16. The quantitative estimate of drug-likeness (QED) is 0.525. The average molecular weight is 414 g/mol. The summed E-state index contributed by atoms with van der Waals surface area (Å²) in [6, 6.07) is 4.96. The van der Waals surface area contributed by atoms with Gasteiger partial charge in [0.05, 0.1) is 24.9 Å². The van der Waals surface area contributed by atoms with Crippen LogP contribution < -0.4 is 10.2 Å². The number of aromatic nitrogens is 2. The van der Waals surface area contributed by atoms with Crippen molar-refractivity contribution in [2.75, 3.05) is 13.7 Å². The highest BCUT2D eigenvalue weighted by molar-refractivity contribution is 6.32. The average Bonchev–Trinajstić information content (AvgIpc) is 2.99. The lowest BCUT2D eigenvalue weighted by Crippen LogP contribution is -2.16. The fourth-order valence-electron chi connectivity index (χ4n) is 3.43. The molecule has 0 fully saturated rings. The number of carbonyl (C=O) groups excluding carboxylic acids is 1. The van der Waals surface area contributed by atoms with Gasteiger partial charge < -0.3 is 19.1 Å². The minimum absolute atomic E-state index is 0.0406. The standard InChI is InChI=1S/C20H14BF3N2O4/c1-29-20(28)16-17(18(27)9-4-10(22)6-11(23)5-9)26-2-3-30-15-8-14(24)13(21)7-12(15)19(26)25-16/h4-8,18,27H,2-3H2,1H3. The van der Waals surface area contributed by atoms with Crippen LogP contribution in [0.4, 0.5) is 13.2 Å². The second-order valence-electron chi connectivity index (χ2n) is 6.64. The normalized spacial score (nSPS) is 13.6. The predicted molar refractivity (Wildman–Crippen MR) is 100 cm³/mol. The predicted octanol–water partition coefficient (Wildman–Crippen LogP) is 2.02. The van der Waals surface area contributed by atoms with Crippen LogP contribution in [0, 0.1) is 17.5 Å². The zero-order valence-electron chi connectivity index (χ0n) is 15.7. The fourth-order valence-corrected chi connectivity index (χ4v) is 3.43. The third-order valence-corrected chi connectivity index (χ3v) is 4.76. The Hall–Kier alpha value is -3.27. The van der Waals surface area contributed by atoms with Crippen LogP contribution in [0.3, 0.4) is 0 Å². The van der Waals surface area contributed by atoms with E-state index in [0.717, 1.165) is 25.3 Å². The van der Waals surface area contributed by atoms with Crippen molar-refractivity contribution < 1.29 is 32.5 Å². The van der Waals surface area contributed by atoms with Crippen LogP contribution in [0.1, 0.15) is 27.8 Å². The first-order valence-corrected chi connectivity index (χ1v) is 8.85. The number of esters is 1. The van der Waals surface area contributed by atoms with E-state index in [1.807, 2.05) is 0 Å². The van der Waals surface area contributed by atoms with Crippen molar-refractivity contribution >= 4 is 19.3 Å². The van der Waals surface area contributed by atoms with Gasteiger partial charge in [0.2, 0.25) is 0 Å². The van der Waals surface area contributed by atoms with Gasteiger partial charge in [-0.1, -0.05) is 11.5 Å². The van der Waals surface area contributed by atoms with Crippen LogP contribution in [0.15, 0.2) is 30.3 Å². The van der Waals surface area contributed by atoms with E-state index in [1.54, 1.807) is 0 Å². The van der Waals surface area contributed by atoms with Gasteiger partial charge >= 0.3 is 5.97 Å². The van der Waals surface area contributed by atoms with Gasteiger partial charge in [-0.3, -0.25) is 0 Å². The first kappa shape index (κ1) is 20.0. The summed E-state index contributed by atoms with van der Waals surface area (Å²) >= 11 is 0. The van der Waals surface area contributed by atoms with E-state index in [-0.39, 0.29) is 47.1 Å². The largest absolute Gasteiger partial charge is 0.491 e. The van der Waals surface area contributed by atoms with Crippen LogP contribution in [0.2, 0.25) is 0 Å². The molecule has 1 aliphatic rings. The van der Waals surface area contributed by atoms with Gasteiger partial charge in [-0.2, -0.15) is 0 Å². The number of carbonyl (C=O) groups is 1. The first-order chi connectivity index (χ1) is 14.3. The molecule has 30 heavy (non-hydrogen) atoms. The number of aliphatic hydroxyl groups is 1. The Morgan fingerprint density at radius 1 is 1.23 bits per heavy atom. The van der Waals surface area contributed by atoms with Gasteiger partial charge in [0.15, 0.2) is 5.69 Å². The van der Waals surface area contributed by atoms with E-state index < -0.39 is 29.5 Å². The minimum atomic E-state index is -1.61. The molecule has 0 aliphatic carbocycles. The van der Waals surface area contributed by atoms with E-state index in [2.05, 4.69) is 4.98 Å². The molecule has 2 heterocycles.